The van der Waals surface area contributed by atoms with Crippen LogP contribution in [0.15, 0.2) is 0 Å². The van der Waals surface area contributed by atoms with Crippen LogP contribution in [-0.4, -0.2) is 21.7 Å². The third-order valence-corrected chi connectivity index (χ3v) is 2.61. The van der Waals surface area contributed by atoms with Crippen LogP contribution < -0.4 is 0 Å². The lowest BCUT2D eigenvalue weighted by molar-refractivity contribution is -0.109. The summed E-state index contributed by atoms with van der Waals surface area (Å²) in [4.78, 5) is 10.5. The van der Waals surface area contributed by atoms with Gasteiger partial charge in [-0.2, -0.15) is 0 Å². The van der Waals surface area contributed by atoms with E-state index < -0.39 is 0 Å². The standard InChI is InChI=1S/C7H13NOS2.ClH/c1-3-10-7(8)4-5-11-6(2)9;/h8H,3-5H2,1-2H3;1H. The Morgan fingerprint density at radius 3 is 2.42 bits per heavy atom. The Bertz CT molecular complexity index is 152. The number of hydrogen-bond donors (Lipinski definition) is 1. The summed E-state index contributed by atoms with van der Waals surface area (Å²) in [6, 6.07) is 0. The number of hydrogen-bond acceptors (Lipinski definition) is 4. The van der Waals surface area contributed by atoms with Crippen LogP contribution in [0.3, 0.4) is 0 Å². The summed E-state index contributed by atoms with van der Waals surface area (Å²) in [5.41, 5.74) is 0. The van der Waals surface area contributed by atoms with Gasteiger partial charge in [0.05, 0.1) is 5.04 Å². The van der Waals surface area contributed by atoms with Crippen molar-refractivity contribution in [2.45, 2.75) is 20.3 Å². The van der Waals surface area contributed by atoms with Crippen LogP contribution in [0.5, 0.6) is 0 Å². The predicted octanol–water partition coefficient (Wildman–Crippen LogP) is 2.81. The van der Waals surface area contributed by atoms with Crippen LogP contribution in [0.25, 0.3) is 0 Å². The summed E-state index contributed by atoms with van der Waals surface area (Å²) in [7, 11) is 0. The molecule has 0 radical (unpaired) electrons. The van der Waals surface area contributed by atoms with Crippen LogP contribution in [0.2, 0.25) is 0 Å². The molecule has 0 amide bonds. The van der Waals surface area contributed by atoms with Gasteiger partial charge in [-0.05, 0) is 5.75 Å². The summed E-state index contributed by atoms with van der Waals surface area (Å²) in [5.74, 6) is 1.70. The summed E-state index contributed by atoms with van der Waals surface area (Å²) >= 11 is 2.83. The predicted molar refractivity (Wildman–Crippen MR) is 60.9 cm³/mol. The monoisotopic (exact) mass is 227 g/mol. The summed E-state index contributed by atoms with van der Waals surface area (Å²) < 4.78 is 0. The molecule has 0 aliphatic rings. The number of thioether (sulfide) groups is 2. The molecule has 0 spiro atoms. The first kappa shape index (κ1) is 14.8. The van der Waals surface area contributed by atoms with E-state index in [2.05, 4.69) is 0 Å². The molecule has 5 heteroatoms. The van der Waals surface area contributed by atoms with Gasteiger partial charge in [0.1, 0.15) is 0 Å². The molecule has 12 heavy (non-hydrogen) atoms. The SMILES string of the molecule is CCSC(=N)CCSC(C)=O.Cl. The Kier molecular flexibility index (Phi) is 11.6. The minimum absolute atomic E-state index is 0. The van der Waals surface area contributed by atoms with Gasteiger partial charge in [0, 0.05) is 19.1 Å². The third-order valence-electron chi connectivity index (χ3n) is 0.953. The minimum atomic E-state index is 0. The molecule has 0 heterocycles. The fourth-order valence-electron chi connectivity index (χ4n) is 0.534. The highest BCUT2D eigenvalue weighted by atomic mass is 35.5. The molecule has 0 fully saturated rings. The van der Waals surface area contributed by atoms with Gasteiger partial charge in [-0.25, -0.2) is 0 Å². The molecule has 72 valence electrons. The van der Waals surface area contributed by atoms with Gasteiger partial charge in [-0.1, -0.05) is 18.7 Å². The second kappa shape index (κ2) is 9.42. The second-order valence-electron chi connectivity index (χ2n) is 1.95. The van der Waals surface area contributed by atoms with Crippen molar-refractivity contribution >= 4 is 46.1 Å². The zero-order valence-electron chi connectivity index (χ0n) is 7.25. The molecule has 0 aromatic carbocycles. The van der Waals surface area contributed by atoms with Gasteiger partial charge in [0.15, 0.2) is 5.12 Å². The maximum atomic E-state index is 10.5. The van der Waals surface area contributed by atoms with Gasteiger partial charge < -0.3 is 0 Å². The molecule has 0 unspecified atom stereocenters. The first-order valence-corrected chi connectivity index (χ1v) is 5.47. The van der Waals surface area contributed by atoms with Crippen LogP contribution >= 0.6 is 35.9 Å². The number of nitrogens with one attached hydrogen (secondary N) is 1. The highest BCUT2D eigenvalue weighted by molar-refractivity contribution is 8.14. The van der Waals surface area contributed by atoms with E-state index >= 15 is 0 Å². The summed E-state index contributed by atoms with van der Waals surface area (Å²) in [5, 5.41) is 8.19. The summed E-state index contributed by atoms with van der Waals surface area (Å²) in [6.07, 6.45) is 0.725. The Morgan fingerprint density at radius 1 is 1.42 bits per heavy atom. The normalized spacial score (nSPS) is 8.83. The maximum absolute atomic E-state index is 10.5. The van der Waals surface area contributed by atoms with Crippen molar-refractivity contribution in [1.82, 2.24) is 0 Å². The van der Waals surface area contributed by atoms with E-state index in [1.807, 2.05) is 6.92 Å². The molecule has 0 saturated carbocycles. The van der Waals surface area contributed by atoms with Gasteiger partial charge >= 0.3 is 0 Å². The van der Waals surface area contributed by atoms with Crippen molar-refractivity contribution in [2.75, 3.05) is 11.5 Å². The largest absolute Gasteiger partial charge is 0.298 e. The number of halogens is 1. The Morgan fingerprint density at radius 2 is 2.00 bits per heavy atom. The molecule has 0 bridgehead atoms. The van der Waals surface area contributed by atoms with Crippen molar-refractivity contribution in [3.63, 3.8) is 0 Å². The van der Waals surface area contributed by atoms with Crippen LogP contribution in [0, 0.1) is 5.41 Å². The molecule has 0 saturated heterocycles. The van der Waals surface area contributed by atoms with E-state index in [1.165, 1.54) is 11.8 Å². The van der Waals surface area contributed by atoms with E-state index in [0.29, 0.717) is 5.04 Å². The van der Waals surface area contributed by atoms with Crippen LogP contribution in [0.4, 0.5) is 0 Å². The average molecular weight is 228 g/mol. The lowest BCUT2D eigenvalue weighted by Crippen LogP contribution is -1.94. The average Bonchev–Trinajstić information content (AvgIpc) is 1.87. The zero-order chi connectivity index (χ0) is 8.69. The lowest BCUT2D eigenvalue weighted by atomic mass is 10.5. The van der Waals surface area contributed by atoms with Gasteiger partial charge in [0.25, 0.3) is 0 Å². The van der Waals surface area contributed by atoms with Crippen molar-refractivity contribution in [1.29, 1.82) is 5.41 Å². The number of carbonyl (C=O) groups is 1. The van der Waals surface area contributed by atoms with Crippen molar-refractivity contribution < 1.29 is 4.79 Å². The minimum Gasteiger partial charge on any atom is -0.298 e. The molecular weight excluding hydrogens is 214 g/mol. The van der Waals surface area contributed by atoms with Gasteiger partial charge in [0.2, 0.25) is 0 Å². The van der Waals surface area contributed by atoms with Crippen molar-refractivity contribution in [3.05, 3.63) is 0 Å². The second-order valence-corrected chi connectivity index (χ2v) is 4.58. The van der Waals surface area contributed by atoms with Crippen molar-refractivity contribution in [2.24, 2.45) is 0 Å². The third kappa shape index (κ3) is 10.3. The maximum Gasteiger partial charge on any atom is 0.185 e. The highest BCUT2D eigenvalue weighted by Crippen LogP contribution is 2.09. The first-order chi connectivity index (χ1) is 5.16. The molecule has 0 aromatic rings. The molecule has 0 rings (SSSR count). The molecule has 0 atom stereocenters. The molecule has 1 N–H and O–H groups in total. The molecule has 0 aliphatic heterocycles. The van der Waals surface area contributed by atoms with E-state index in [-0.39, 0.29) is 17.5 Å². The number of rotatable bonds is 4. The number of carbonyl (C=O) groups excluding carboxylic acids is 1. The van der Waals surface area contributed by atoms with Crippen molar-refractivity contribution in [3.8, 4) is 0 Å². The van der Waals surface area contributed by atoms with E-state index in [0.717, 1.165) is 17.9 Å². The molecule has 0 aliphatic carbocycles. The Hall–Kier alpha value is 0.330. The first-order valence-electron chi connectivity index (χ1n) is 3.50. The van der Waals surface area contributed by atoms with Gasteiger partial charge in [-0.15, -0.1) is 24.2 Å². The topological polar surface area (TPSA) is 40.9 Å². The molecule has 0 aromatic heterocycles. The Labute approximate surface area is 88.2 Å². The highest BCUT2D eigenvalue weighted by Gasteiger charge is 1.98. The zero-order valence-corrected chi connectivity index (χ0v) is 9.70. The van der Waals surface area contributed by atoms with Crippen LogP contribution in [0.1, 0.15) is 20.3 Å². The molecular formula is C7H14ClNOS2. The smallest absolute Gasteiger partial charge is 0.185 e. The fraction of sp³-hybridized carbons (Fsp3) is 0.714. The van der Waals surface area contributed by atoms with Crippen LogP contribution in [-0.2, 0) is 4.79 Å². The van der Waals surface area contributed by atoms with E-state index in [1.54, 1.807) is 18.7 Å². The quantitative estimate of drug-likeness (QED) is 0.593. The Balaban J connectivity index is 0. The lowest BCUT2D eigenvalue weighted by Gasteiger charge is -1.98. The fourth-order valence-corrected chi connectivity index (χ4v) is 1.85. The molecule has 2 nitrogen and oxygen atoms in total. The van der Waals surface area contributed by atoms with E-state index in [4.69, 9.17) is 5.41 Å². The summed E-state index contributed by atoms with van der Waals surface area (Å²) in [6.45, 7) is 3.58. The van der Waals surface area contributed by atoms with E-state index in [9.17, 15) is 4.79 Å². The van der Waals surface area contributed by atoms with Gasteiger partial charge in [-0.3, -0.25) is 10.2 Å².